The van der Waals surface area contributed by atoms with E-state index in [4.69, 9.17) is 4.42 Å². The Morgan fingerprint density at radius 1 is 1.45 bits per heavy atom. The van der Waals surface area contributed by atoms with Gasteiger partial charge in [0.15, 0.2) is 0 Å². The number of oxazole rings is 1. The van der Waals surface area contributed by atoms with Crippen molar-refractivity contribution in [2.45, 2.75) is 19.1 Å². The van der Waals surface area contributed by atoms with Crippen molar-refractivity contribution in [1.29, 1.82) is 0 Å². The molecule has 0 unspecified atom stereocenters. The Bertz CT molecular complexity index is 672. The van der Waals surface area contributed by atoms with Gasteiger partial charge in [0.05, 0.1) is 11.4 Å². The van der Waals surface area contributed by atoms with Crippen LogP contribution in [-0.4, -0.2) is 27.4 Å². The summed E-state index contributed by atoms with van der Waals surface area (Å²) >= 11 is 0. The van der Waals surface area contributed by atoms with Crippen LogP contribution in [0.5, 0.6) is 0 Å². The van der Waals surface area contributed by atoms with Crippen LogP contribution in [0.2, 0.25) is 0 Å². The highest BCUT2D eigenvalue weighted by molar-refractivity contribution is 7.84. The van der Waals surface area contributed by atoms with Gasteiger partial charge in [-0.05, 0) is 24.6 Å². The molecule has 1 atom stereocenters. The largest absolute Gasteiger partial charge is 0.444 e. The number of nitrogens with zero attached hydrogens (tertiary/aromatic N) is 1. The lowest BCUT2D eigenvalue weighted by atomic mass is 10.2. The molecule has 0 aliphatic heterocycles. The van der Waals surface area contributed by atoms with Crippen molar-refractivity contribution in [3.05, 3.63) is 42.0 Å². The summed E-state index contributed by atoms with van der Waals surface area (Å²) in [6.07, 6.45) is 2.21. The van der Waals surface area contributed by atoms with Crippen LogP contribution in [0.1, 0.15) is 19.0 Å². The number of carbonyl (C=O) groups excluding carboxylic acids is 1. The summed E-state index contributed by atoms with van der Waals surface area (Å²) in [7, 11) is -1.36. The summed E-state index contributed by atoms with van der Waals surface area (Å²) in [6.45, 7) is 2.52. The Hall–Kier alpha value is -2.02. The number of rotatable bonds is 7. The zero-order chi connectivity index (χ0) is 15.9. The second kappa shape index (κ2) is 7.84. The van der Waals surface area contributed by atoms with Gasteiger partial charge < -0.3 is 9.73 Å². The second-order valence-electron chi connectivity index (χ2n) is 4.73. The Balaban J connectivity index is 1.94. The lowest BCUT2D eigenvalue weighted by Gasteiger charge is -2.02. The summed E-state index contributed by atoms with van der Waals surface area (Å²) in [5.74, 6) is -0.301. The van der Waals surface area contributed by atoms with E-state index < -0.39 is 10.8 Å². The SMILES string of the molecule is CCCNC(=O)C[S@@](=O)Cc1coc(-c2cccc(F)c2)n1. The molecule has 0 saturated carbocycles. The number of halogens is 1. The Morgan fingerprint density at radius 2 is 2.27 bits per heavy atom. The fourth-order valence-electron chi connectivity index (χ4n) is 1.81. The molecule has 1 aromatic carbocycles. The summed E-state index contributed by atoms with van der Waals surface area (Å²) in [6, 6.07) is 5.88. The van der Waals surface area contributed by atoms with Crippen LogP contribution in [-0.2, 0) is 21.3 Å². The van der Waals surface area contributed by atoms with Crippen LogP contribution < -0.4 is 5.32 Å². The predicted octanol–water partition coefficient (Wildman–Crippen LogP) is 2.26. The third-order valence-electron chi connectivity index (χ3n) is 2.80. The molecule has 0 fully saturated rings. The number of nitrogens with one attached hydrogen (secondary N) is 1. The Kier molecular flexibility index (Phi) is 5.83. The van der Waals surface area contributed by atoms with E-state index in [1.54, 1.807) is 12.1 Å². The van der Waals surface area contributed by atoms with Crippen molar-refractivity contribution in [3.63, 3.8) is 0 Å². The number of hydrogen-bond acceptors (Lipinski definition) is 4. The van der Waals surface area contributed by atoms with Gasteiger partial charge in [0, 0.05) is 22.9 Å². The average molecular weight is 324 g/mol. The molecule has 5 nitrogen and oxygen atoms in total. The molecule has 118 valence electrons. The van der Waals surface area contributed by atoms with E-state index in [0.717, 1.165) is 6.42 Å². The summed E-state index contributed by atoms with van der Waals surface area (Å²) in [4.78, 5) is 15.6. The minimum absolute atomic E-state index is 0.0673. The smallest absolute Gasteiger partial charge is 0.232 e. The quantitative estimate of drug-likeness (QED) is 0.848. The highest BCUT2D eigenvalue weighted by Crippen LogP contribution is 2.19. The lowest BCUT2D eigenvalue weighted by Crippen LogP contribution is -2.29. The molecular weight excluding hydrogens is 307 g/mol. The van der Waals surface area contributed by atoms with Crippen molar-refractivity contribution >= 4 is 16.7 Å². The first-order valence-electron chi connectivity index (χ1n) is 6.90. The molecule has 0 saturated heterocycles. The van der Waals surface area contributed by atoms with Crippen LogP contribution in [0.15, 0.2) is 34.9 Å². The number of aromatic nitrogens is 1. The van der Waals surface area contributed by atoms with Gasteiger partial charge in [-0.25, -0.2) is 9.37 Å². The molecular formula is C15H17FN2O3S. The van der Waals surface area contributed by atoms with E-state index in [9.17, 15) is 13.4 Å². The fraction of sp³-hybridized carbons (Fsp3) is 0.333. The number of carbonyl (C=O) groups is 1. The van der Waals surface area contributed by atoms with Crippen LogP contribution in [0.3, 0.4) is 0 Å². The van der Waals surface area contributed by atoms with Gasteiger partial charge in [-0.3, -0.25) is 9.00 Å². The van der Waals surface area contributed by atoms with Gasteiger partial charge in [0.25, 0.3) is 0 Å². The molecule has 1 amide bonds. The zero-order valence-electron chi connectivity index (χ0n) is 12.2. The van der Waals surface area contributed by atoms with E-state index in [0.29, 0.717) is 17.8 Å². The Morgan fingerprint density at radius 3 is 3.00 bits per heavy atom. The van der Waals surface area contributed by atoms with E-state index in [1.807, 2.05) is 6.92 Å². The maximum atomic E-state index is 13.2. The van der Waals surface area contributed by atoms with Crippen LogP contribution >= 0.6 is 0 Å². The average Bonchev–Trinajstić information content (AvgIpc) is 2.93. The van der Waals surface area contributed by atoms with Crippen molar-refractivity contribution in [2.24, 2.45) is 0 Å². The summed E-state index contributed by atoms with van der Waals surface area (Å²) in [5, 5.41) is 2.67. The monoisotopic (exact) mass is 324 g/mol. The second-order valence-corrected chi connectivity index (χ2v) is 6.19. The van der Waals surface area contributed by atoms with Crippen LogP contribution in [0.25, 0.3) is 11.5 Å². The molecule has 0 bridgehead atoms. The van der Waals surface area contributed by atoms with Crippen molar-refractivity contribution in [2.75, 3.05) is 12.3 Å². The standard InChI is InChI=1S/C15H17FN2O3S/c1-2-6-17-14(19)10-22(20)9-13-8-21-15(18-13)11-4-3-5-12(16)7-11/h3-5,7-8H,2,6,9-10H2,1H3,(H,17,19)/t22-/m0/s1. The molecule has 1 N–H and O–H groups in total. The first kappa shape index (κ1) is 16.4. The first-order valence-corrected chi connectivity index (χ1v) is 8.39. The predicted molar refractivity (Wildman–Crippen MR) is 81.9 cm³/mol. The normalized spacial score (nSPS) is 12.1. The highest BCUT2D eigenvalue weighted by atomic mass is 32.2. The van der Waals surface area contributed by atoms with Crippen LogP contribution in [0, 0.1) is 5.82 Å². The van der Waals surface area contributed by atoms with Gasteiger partial charge in [-0.1, -0.05) is 13.0 Å². The summed E-state index contributed by atoms with van der Waals surface area (Å²) in [5.41, 5.74) is 0.985. The summed E-state index contributed by atoms with van der Waals surface area (Å²) < 4.78 is 30.3. The Labute approximate surface area is 130 Å². The number of hydrogen-bond donors (Lipinski definition) is 1. The van der Waals surface area contributed by atoms with Crippen molar-refractivity contribution in [3.8, 4) is 11.5 Å². The van der Waals surface area contributed by atoms with Gasteiger partial charge in [0.2, 0.25) is 11.8 Å². The maximum Gasteiger partial charge on any atom is 0.232 e. The van der Waals surface area contributed by atoms with Gasteiger partial charge in [-0.2, -0.15) is 0 Å². The fourth-order valence-corrected chi connectivity index (χ4v) is 2.76. The molecule has 2 rings (SSSR count). The van der Waals surface area contributed by atoms with E-state index in [-0.39, 0.29) is 29.1 Å². The first-order chi connectivity index (χ1) is 10.6. The topological polar surface area (TPSA) is 72.2 Å². The third-order valence-corrected chi connectivity index (χ3v) is 4.00. The molecule has 0 aliphatic carbocycles. The van der Waals surface area contributed by atoms with E-state index in [1.165, 1.54) is 18.4 Å². The molecule has 1 heterocycles. The van der Waals surface area contributed by atoms with Crippen LogP contribution in [0.4, 0.5) is 4.39 Å². The van der Waals surface area contributed by atoms with Gasteiger partial charge in [0.1, 0.15) is 17.8 Å². The maximum absolute atomic E-state index is 13.2. The molecule has 22 heavy (non-hydrogen) atoms. The molecule has 1 aromatic heterocycles. The minimum Gasteiger partial charge on any atom is -0.444 e. The number of benzene rings is 1. The molecule has 0 radical (unpaired) electrons. The third kappa shape index (κ3) is 4.77. The van der Waals surface area contributed by atoms with Gasteiger partial charge >= 0.3 is 0 Å². The van der Waals surface area contributed by atoms with E-state index >= 15 is 0 Å². The lowest BCUT2D eigenvalue weighted by molar-refractivity contribution is -0.118. The molecule has 0 spiro atoms. The van der Waals surface area contributed by atoms with Crippen molar-refractivity contribution < 1.29 is 17.8 Å². The molecule has 7 heteroatoms. The number of amides is 1. The zero-order valence-corrected chi connectivity index (χ0v) is 13.0. The van der Waals surface area contributed by atoms with Crippen molar-refractivity contribution in [1.82, 2.24) is 10.3 Å². The molecule has 0 aliphatic rings. The highest BCUT2D eigenvalue weighted by Gasteiger charge is 2.12. The minimum atomic E-state index is -1.36. The van der Waals surface area contributed by atoms with E-state index in [2.05, 4.69) is 10.3 Å². The molecule has 2 aromatic rings. The van der Waals surface area contributed by atoms with Gasteiger partial charge in [-0.15, -0.1) is 0 Å².